The van der Waals surface area contributed by atoms with Gasteiger partial charge in [0.15, 0.2) is 0 Å². The van der Waals surface area contributed by atoms with Crippen LogP contribution in [0.2, 0.25) is 0 Å². The molecule has 7 nitrogen and oxygen atoms in total. The number of fused-ring (bicyclic) bond motifs is 3. The van der Waals surface area contributed by atoms with Crippen LogP contribution in [0, 0.1) is 5.92 Å². The molecule has 0 saturated carbocycles. The summed E-state index contributed by atoms with van der Waals surface area (Å²) in [6.45, 7) is 3.06. The number of carboxylic acid groups (broad SMARTS) is 1. The number of carboxylic acids is 1. The predicted molar refractivity (Wildman–Crippen MR) is 124 cm³/mol. The number of carbonyl (C=O) groups is 3. The van der Waals surface area contributed by atoms with Gasteiger partial charge in [-0.25, -0.2) is 4.79 Å². The Morgan fingerprint density at radius 1 is 1.06 bits per heavy atom. The van der Waals surface area contributed by atoms with Crippen LogP contribution in [0.5, 0.6) is 0 Å². The van der Waals surface area contributed by atoms with Crippen molar-refractivity contribution in [3.63, 3.8) is 0 Å². The van der Waals surface area contributed by atoms with Crippen molar-refractivity contribution in [3.8, 4) is 11.1 Å². The van der Waals surface area contributed by atoms with Gasteiger partial charge in [-0.05, 0) is 28.7 Å². The minimum Gasteiger partial charge on any atom is -0.481 e. The lowest BCUT2D eigenvalue weighted by molar-refractivity contribution is -0.146. The van der Waals surface area contributed by atoms with E-state index >= 15 is 0 Å². The topological polar surface area (TPSA) is 95.9 Å². The molecule has 1 heterocycles. The number of unbranched alkanes of at least 4 members (excludes halogenated alkanes) is 1. The Bertz CT molecular complexity index is 985. The van der Waals surface area contributed by atoms with Gasteiger partial charge < -0.3 is 20.1 Å². The van der Waals surface area contributed by atoms with E-state index in [0.29, 0.717) is 19.5 Å². The highest BCUT2D eigenvalue weighted by atomic mass is 16.5. The second kappa shape index (κ2) is 10.1. The van der Waals surface area contributed by atoms with Crippen LogP contribution >= 0.6 is 0 Å². The minimum absolute atomic E-state index is 0.0206. The second-order valence-corrected chi connectivity index (χ2v) is 8.87. The molecule has 2 aromatic carbocycles. The lowest BCUT2D eigenvalue weighted by Gasteiger charge is -2.40. The van der Waals surface area contributed by atoms with E-state index in [-0.39, 0.29) is 30.8 Å². The summed E-state index contributed by atoms with van der Waals surface area (Å²) in [7, 11) is 0. The van der Waals surface area contributed by atoms with E-state index in [1.165, 1.54) is 0 Å². The van der Waals surface area contributed by atoms with Crippen molar-refractivity contribution < 1.29 is 24.2 Å². The van der Waals surface area contributed by atoms with Crippen molar-refractivity contribution in [2.45, 2.75) is 44.6 Å². The van der Waals surface area contributed by atoms with Gasteiger partial charge in [-0.2, -0.15) is 0 Å². The molecule has 0 spiro atoms. The van der Waals surface area contributed by atoms with E-state index in [1.54, 1.807) is 4.90 Å². The average Bonchev–Trinajstić information content (AvgIpc) is 3.10. The molecule has 2 amide bonds. The molecule has 0 aromatic heterocycles. The van der Waals surface area contributed by atoms with Crippen LogP contribution in [0.15, 0.2) is 48.5 Å². The first-order valence-corrected chi connectivity index (χ1v) is 11.6. The quantitative estimate of drug-likeness (QED) is 0.602. The number of hydrogen-bond acceptors (Lipinski definition) is 4. The molecule has 4 rings (SSSR count). The molecule has 33 heavy (non-hydrogen) atoms. The molecule has 2 aromatic rings. The van der Waals surface area contributed by atoms with Crippen molar-refractivity contribution in [1.29, 1.82) is 0 Å². The fourth-order valence-electron chi connectivity index (χ4n) is 4.79. The van der Waals surface area contributed by atoms with E-state index in [0.717, 1.165) is 35.1 Å². The molecule has 1 atom stereocenters. The smallest absolute Gasteiger partial charge is 0.407 e. The van der Waals surface area contributed by atoms with Gasteiger partial charge in [-0.1, -0.05) is 68.3 Å². The van der Waals surface area contributed by atoms with Gasteiger partial charge in [-0.3, -0.25) is 9.59 Å². The first-order chi connectivity index (χ1) is 16.0. The summed E-state index contributed by atoms with van der Waals surface area (Å²) in [5.74, 6) is -1.09. The Kier molecular flexibility index (Phi) is 6.96. The van der Waals surface area contributed by atoms with E-state index in [1.807, 2.05) is 31.2 Å². The van der Waals surface area contributed by atoms with Crippen molar-refractivity contribution >= 4 is 18.0 Å². The van der Waals surface area contributed by atoms with Gasteiger partial charge in [0.25, 0.3) is 0 Å². The van der Waals surface area contributed by atoms with Gasteiger partial charge in [0, 0.05) is 24.9 Å². The van der Waals surface area contributed by atoms with Crippen LogP contribution in [-0.2, 0) is 14.3 Å². The van der Waals surface area contributed by atoms with Crippen molar-refractivity contribution in [2.24, 2.45) is 5.92 Å². The SMILES string of the molecule is CCCCC(NC(=O)OCC1c2ccccc2-c2ccccc21)C(=O)N1CC(CC(=O)O)C1. The van der Waals surface area contributed by atoms with E-state index in [9.17, 15) is 14.4 Å². The molecule has 1 unspecified atom stereocenters. The molecule has 2 N–H and O–H groups in total. The number of aliphatic carboxylic acids is 1. The number of rotatable bonds is 9. The molecule has 0 radical (unpaired) electrons. The lowest BCUT2D eigenvalue weighted by Crippen LogP contribution is -2.57. The zero-order valence-electron chi connectivity index (χ0n) is 18.8. The standard InChI is InChI=1S/C26H30N2O5/c1-2-3-12-23(25(31)28-14-17(15-28)13-24(29)30)27-26(32)33-16-22-20-10-6-4-8-18(20)19-9-5-7-11-21(19)22/h4-11,17,22-23H,2-3,12-16H2,1H3,(H,27,32)(H,29,30). The molecule has 0 bridgehead atoms. The number of benzene rings is 2. The van der Waals surface area contributed by atoms with Crippen molar-refractivity contribution in [1.82, 2.24) is 10.2 Å². The number of alkyl carbamates (subject to hydrolysis) is 1. The van der Waals surface area contributed by atoms with Gasteiger partial charge >= 0.3 is 12.1 Å². The number of ether oxygens (including phenoxy) is 1. The monoisotopic (exact) mass is 450 g/mol. The Labute approximate surface area is 193 Å². The fraction of sp³-hybridized carbons (Fsp3) is 0.423. The Balaban J connectivity index is 1.36. The van der Waals surface area contributed by atoms with Crippen LogP contribution in [0.25, 0.3) is 11.1 Å². The third-order valence-corrected chi connectivity index (χ3v) is 6.51. The second-order valence-electron chi connectivity index (χ2n) is 8.87. The van der Waals surface area contributed by atoms with Gasteiger partial charge in [-0.15, -0.1) is 0 Å². The number of likely N-dealkylation sites (tertiary alicyclic amines) is 1. The molecule has 1 saturated heterocycles. The summed E-state index contributed by atoms with van der Waals surface area (Å²) in [5.41, 5.74) is 4.59. The lowest BCUT2D eigenvalue weighted by atomic mass is 9.95. The first kappa shape index (κ1) is 22.8. The molecule has 1 aliphatic heterocycles. The van der Waals surface area contributed by atoms with Crippen molar-refractivity contribution in [3.05, 3.63) is 59.7 Å². The highest BCUT2D eigenvalue weighted by Gasteiger charge is 2.36. The maximum Gasteiger partial charge on any atom is 0.407 e. The third-order valence-electron chi connectivity index (χ3n) is 6.51. The molecule has 174 valence electrons. The minimum atomic E-state index is -0.855. The normalized spacial score (nSPS) is 15.8. The number of carbonyl (C=O) groups excluding carboxylic acids is 2. The average molecular weight is 451 g/mol. The van der Waals surface area contributed by atoms with Gasteiger partial charge in [0.2, 0.25) is 5.91 Å². The molecule has 1 aliphatic carbocycles. The summed E-state index contributed by atoms with van der Waals surface area (Å²) in [6.07, 6.45) is 1.68. The molecular weight excluding hydrogens is 420 g/mol. The summed E-state index contributed by atoms with van der Waals surface area (Å²) < 4.78 is 5.61. The van der Waals surface area contributed by atoms with Gasteiger partial charge in [0.05, 0.1) is 6.42 Å². The number of nitrogens with one attached hydrogen (secondary N) is 1. The largest absolute Gasteiger partial charge is 0.481 e. The number of nitrogens with zero attached hydrogens (tertiary/aromatic N) is 1. The van der Waals surface area contributed by atoms with Crippen LogP contribution in [-0.4, -0.2) is 53.7 Å². The van der Waals surface area contributed by atoms with Crippen LogP contribution < -0.4 is 5.32 Å². The zero-order chi connectivity index (χ0) is 23.4. The summed E-state index contributed by atoms with van der Waals surface area (Å²) in [4.78, 5) is 38.0. The predicted octanol–water partition coefficient (Wildman–Crippen LogP) is 4.02. The Hall–Kier alpha value is -3.35. The van der Waals surface area contributed by atoms with E-state index in [4.69, 9.17) is 9.84 Å². The van der Waals surface area contributed by atoms with Crippen molar-refractivity contribution in [2.75, 3.05) is 19.7 Å². The summed E-state index contributed by atoms with van der Waals surface area (Å²) >= 11 is 0. The Morgan fingerprint density at radius 3 is 2.24 bits per heavy atom. The third kappa shape index (κ3) is 5.02. The van der Waals surface area contributed by atoms with Crippen LogP contribution in [0.1, 0.15) is 49.7 Å². The maximum atomic E-state index is 12.9. The van der Waals surface area contributed by atoms with E-state index < -0.39 is 18.1 Å². The molecule has 1 fully saturated rings. The fourth-order valence-corrected chi connectivity index (χ4v) is 4.79. The number of hydrogen-bond donors (Lipinski definition) is 2. The maximum absolute atomic E-state index is 12.9. The highest BCUT2D eigenvalue weighted by molar-refractivity contribution is 5.86. The Morgan fingerprint density at radius 2 is 1.67 bits per heavy atom. The van der Waals surface area contributed by atoms with Crippen LogP contribution in [0.3, 0.4) is 0 Å². The van der Waals surface area contributed by atoms with E-state index in [2.05, 4.69) is 29.6 Å². The molecular formula is C26H30N2O5. The highest BCUT2D eigenvalue weighted by Crippen LogP contribution is 2.44. The zero-order valence-corrected chi connectivity index (χ0v) is 18.8. The summed E-state index contributed by atoms with van der Waals surface area (Å²) in [6, 6.07) is 15.6. The number of amides is 2. The molecule has 7 heteroatoms. The first-order valence-electron chi connectivity index (χ1n) is 11.6. The molecule has 2 aliphatic rings. The van der Waals surface area contributed by atoms with Gasteiger partial charge in [0.1, 0.15) is 12.6 Å². The summed E-state index contributed by atoms with van der Waals surface area (Å²) in [5, 5.41) is 11.7. The van der Waals surface area contributed by atoms with Crippen LogP contribution in [0.4, 0.5) is 4.79 Å².